The zero-order chi connectivity index (χ0) is 23.2. The molecule has 33 heavy (non-hydrogen) atoms. The molecular formula is C23H19ClN6O2S. The van der Waals surface area contributed by atoms with Crippen molar-refractivity contribution in [2.45, 2.75) is 12.1 Å². The topological polar surface area (TPSA) is 105 Å². The van der Waals surface area contributed by atoms with E-state index in [-0.39, 0.29) is 17.4 Å². The number of nitrogens with one attached hydrogen (secondary N) is 1. The van der Waals surface area contributed by atoms with Crippen molar-refractivity contribution in [3.05, 3.63) is 83.6 Å². The van der Waals surface area contributed by atoms with Crippen molar-refractivity contribution in [3.8, 4) is 22.8 Å². The summed E-state index contributed by atoms with van der Waals surface area (Å²) in [4.78, 5) is 16.5. The van der Waals surface area contributed by atoms with Crippen LogP contribution in [0.4, 0.5) is 0 Å². The van der Waals surface area contributed by atoms with Gasteiger partial charge in [0.2, 0.25) is 0 Å². The smallest absolute Gasteiger partial charge is 0.250 e. The summed E-state index contributed by atoms with van der Waals surface area (Å²) in [6.07, 6.45) is 3.37. The minimum Gasteiger partial charge on any atom is -0.508 e. The van der Waals surface area contributed by atoms with Gasteiger partial charge in [-0.3, -0.25) is 14.3 Å². The fraction of sp³-hybridized carbons (Fsp3) is 0.0870. The van der Waals surface area contributed by atoms with Crippen molar-refractivity contribution in [1.29, 1.82) is 0 Å². The van der Waals surface area contributed by atoms with E-state index in [0.29, 0.717) is 21.7 Å². The summed E-state index contributed by atoms with van der Waals surface area (Å²) in [6, 6.07) is 17.6. The molecule has 2 heterocycles. The number of phenols is 1. The number of benzene rings is 2. The number of aromatic hydroxyl groups is 1. The SMILES string of the molecule is C/C(=N/NC(=O)CSc1nnc(-c2ccncc2)n1-c1ccc(Cl)cc1)c1ccc(O)cc1. The Bertz CT molecular complexity index is 1270. The zero-order valence-electron chi connectivity index (χ0n) is 17.5. The van der Waals surface area contributed by atoms with Gasteiger partial charge in [0.15, 0.2) is 11.0 Å². The third-order valence-corrected chi connectivity index (χ3v) is 5.80. The molecule has 0 bridgehead atoms. The molecule has 0 atom stereocenters. The molecule has 1 amide bonds. The van der Waals surface area contributed by atoms with E-state index in [2.05, 4.69) is 25.7 Å². The van der Waals surface area contributed by atoms with Gasteiger partial charge in [0.05, 0.1) is 11.5 Å². The predicted octanol–water partition coefficient (Wildman–Crippen LogP) is 4.32. The van der Waals surface area contributed by atoms with Gasteiger partial charge in [-0.05, 0) is 73.2 Å². The molecule has 10 heteroatoms. The number of hydrogen-bond donors (Lipinski definition) is 2. The first-order chi connectivity index (χ1) is 16.0. The second-order valence-corrected chi connectivity index (χ2v) is 8.30. The number of pyridine rings is 1. The summed E-state index contributed by atoms with van der Waals surface area (Å²) in [5, 5.41) is 23.3. The van der Waals surface area contributed by atoms with Crippen LogP contribution in [0.1, 0.15) is 12.5 Å². The Hall–Kier alpha value is -3.69. The number of halogens is 1. The van der Waals surface area contributed by atoms with E-state index in [9.17, 15) is 9.90 Å². The van der Waals surface area contributed by atoms with Gasteiger partial charge in [0.1, 0.15) is 5.75 Å². The molecule has 2 aromatic heterocycles. The number of phenolic OH excluding ortho intramolecular Hbond substituents is 1. The maximum Gasteiger partial charge on any atom is 0.250 e. The lowest BCUT2D eigenvalue weighted by Crippen LogP contribution is -2.21. The molecular weight excluding hydrogens is 460 g/mol. The standard InChI is InChI=1S/C23H19ClN6O2S/c1-15(16-2-8-20(31)9-3-16)26-27-21(32)14-33-23-29-28-22(17-10-12-25-13-11-17)30(23)19-6-4-18(24)5-7-19/h2-13,31H,14H2,1H3,(H,27,32)/b26-15-. The summed E-state index contributed by atoms with van der Waals surface area (Å²) in [5.41, 5.74) is 5.64. The van der Waals surface area contributed by atoms with Gasteiger partial charge >= 0.3 is 0 Å². The van der Waals surface area contributed by atoms with Crippen LogP contribution in [0.25, 0.3) is 17.1 Å². The van der Waals surface area contributed by atoms with Gasteiger partial charge < -0.3 is 5.11 Å². The molecule has 8 nitrogen and oxygen atoms in total. The molecule has 2 N–H and O–H groups in total. The number of thioether (sulfide) groups is 1. The molecule has 0 aliphatic heterocycles. The molecule has 166 valence electrons. The zero-order valence-corrected chi connectivity index (χ0v) is 19.1. The first kappa shape index (κ1) is 22.5. The van der Waals surface area contributed by atoms with E-state index in [4.69, 9.17) is 11.6 Å². The van der Waals surface area contributed by atoms with Crippen molar-refractivity contribution in [1.82, 2.24) is 25.2 Å². The van der Waals surface area contributed by atoms with E-state index in [1.165, 1.54) is 11.8 Å². The van der Waals surface area contributed by atoms with E-state index in [1.807, 2.05) is 28.8 Å². The quantitative estimate of drug-likeness (QED) is 0.233. The maximum atomic E-state index is 12.4. The number of aromatic nitrogens is 4. The van der Waals surface area contributed by atoms with Crippen molar-refractivity contribution in [2.75, 3.05) is 5.75 Å². The van der Waals surface area contributed by atoms with Crippen LogP contribution in [0, 0.1) is 0 Å². The van der Waals surface area contributed by atoms with Crippen LogP contribution in [-0.4, -0.2) is 42.2 Å². The number of hydrazone groups is 1. The lowest BCUT2D eigenvalue weighted by Gasteiger charge is -2.10. The summed E-state index contributed by atoms with van der Waals surface area (Å²) in [6.45, 7) is 1.78. The molecule has 4 rings (SSSR count). The highest BCUT2D eigenvalue weighted by atomic mass is 35.5. The molecule has 0 saturated carbocycles. The average Bonchev–Trinajstić information content (AvgIpc) is 3.26. The summed E-state index contributed by atoms with van der Waals surface area (Å²) < 4.78 is 1.87. The highest BCUT2D eigenvalue weighted by Crippen LogP contribution is 2.28. The first-order valence-electron chi connectivity index (χ1n) is 9.88. The average molecular weight is 479 g/mol. The monoisotopic (exact) mass is 478 g/mol. The predicted molar refractivity (Wildman–Crippen MR) is 129 cm³/mol. The molecule has 0 radical (unpaired) electrons. The highest BCUT2D eigenvalue weighted by Gasteiger charge is 2.17. The van der Waals surface area contributed by atoms with Crippen LogP contribution in [0.15, 0.2) is 83.3 Å². The second-order valence-electron chi connectivity index (χ2n) is 6.92. The first-order valence-corrected chi connectivity index (χ1v) is 11.2. The lowest BCUT2D eigenvalue weighted by atomic mass is 10.1. The van der Waals surface area contributed by atoms with Gasteiger partial charge in [-0.25, -0.2) is 5.43 Å². The van der Waals surface area contributed by atoms with E-state index in [1.54, 1.807) is 55.7 Å². The lowest BCUT2D eigenvalue weighted by molar-refractivity contribution is -0.118. The number of rotatable bonds is 7. The Morgan fingerprint density at radius 1 is 1.06 bits per heavy atom. The third-order valence-electron chi connectivity index (χ3n) is 4.62. The van der Waals surface area contributed by atoms with Gasteiger partial charge in [-0.15, -0.1) is 10.2 Å². The van der Waals surface area contributed by atoms with Crippen LogP contribution in [0.5, 0.6) is 5.75 Å². The van der Waals surface area contributed by atoms with Crippen molar-refractivity contribution < 1.29 is 9.90 Å². The minimum absolute atomic E-state index is 0.0917. The van der Waals surface area contributed by atoms with Crippen LogP contribution in [-0.2, 0) is 4.79 Å². The minimum atomic E-state index is -0.283. The Balaban J connectivity index is 1.51. The van der Waals surface area contributed by atoms with E-state index in [0.717, 1.165) is 16.8 Å². The van der Waals surface area contributed by atoms with Gasteiger partial charge in [0, 0.05) is 28.7 Å². The fourth-order valence-corrected chi connectivity index (χ4v) is 3.82. The van der Waals surface area contributed by atoms with Crippen molar-refractivity contribution in [3.63, 3.8) is 0 Å². The van der Waals surface area contributed by atoms with E-state index >= 15 is 0 Å². The van der Waals surface area contributed by atoms with Crippen LogP contribution >= 0.6 is 23.4 Å². The molecule has 0 unspecified atom stereocenters. The highest BCUT2D eigenvalue weighted by molar-refractivity contribution is 7.99. The van der Waals surface area contributed by atoms with Crippen LogP contribution in [0.3, 0.4) is 0 Å². The van der Waals surface area contributed by atoms with Crippen molar-refractivity contribution in [2.24, 2.45) is 5.10 Å². The Morgan fingerprint density at radius 2 is 1.76 bits per heavy atom. The summed E-state index contributed by atoms with van der Waals surface area (Å²) in [7, 11) is 0. The molecule has 0 saturated heterocycles. The van der Waals surface area contributed by atoms with Gasteiger partial charge in [-0.1, -0.05) is 23.4 Å². The van der Waals surface area contributed by atoms with Crippen molar-refractivity contribution >= 4 is 35.0 Å². The number of carbonyl (C=O) groups is 1. The number of carbonyl (C=O) groups excluding carboxylic acids is 1. The normalized spacial score (nSPS) is 11.4. The summed E-state index contributed by atoms with van der Waals surface area (Å²) >= 11 is 7.30. The molecule has 0 aliphatic carbocycles. The molecule has 4 aromatic rings. The number of nitrogens with zero attached hydrogens (tertiary/aromatic N) is 5. The summed E-state index contributed by atoms with van der Waals surface area (Å²) in [5.74, 6) is 0.606. The molecule has 0 aliphatic rings. The number of hydrogen-bond acceptors (Lipinski definition) is 7. The van der Waals surface area contributed by atoms with Gasteiger partial charge in [-0.2, -0.15) is 5.10 Å². The number of amides is 1. The molecule has 0 spiro atoms. The maximum absolute atomic E-state index is 12.4. The molecule has 0 fully saturated rings. The Labute approximate surface area is 199 Å². The Kier molecular flexibility index (Phi) is 7.01. The molecule has 2 aromatic carbocycles. The van der Waals surface area contributed by atoms with E-state index < -0.39 is 0 Å². The second kappa shape index (κ2) is 10.3. The largest absolute Gasteiger partial charge is 0.508 e. The fourth-order valence-electron chi connectivity index (χ4n) is 2.95. The third kappa shape index (κ3) is 5.57. The Morgan fingerprint density at radius 3 is 2.45 bits per heavy atom. The van der Waals surface area contributed by atoms with Crippen LogP contribution < -0.4 is 5.43 Å². The van der Waals surface area contributed by atoms with Crippen LogP contribution in [0.2, 0.25) is 5.02 Å². The van der Waals surface area contributed by atoms with Gasteiger partial charge in [0.25, 0.3) is 5.91 Å².